The molecule has 1 fully saturated rings. The van der Waals surface area contributed by atoms with Crippen molar-refractivity contribution in [2.24, 2.45) is 0 Å². The molecular weight excluding hydrogens is 625 g/mol. The normalized spacial score (nSPS) is 15.7. The number of aliphatic hydroxyl groups is 1. The van der Waals surface area contributed by atoms with Crippen molar-refractivity contribution in [3.8, 4) is 5.75 Å². The van der Waals surface area contributed by atoms with Crippen LogP contribution in [0.1, 0.15) is 27.8 Å². The van der Waals surface area contributed by atoms with Crippen LogP contribution in [0, 0.1) is 26.6 Å². The number of halogens is 1. The first kappa shape index (κ1) is 34.6. The van der Waals surface area contributed by atoms with E-state index in [0.717, 1.165) is 16.8 Å². The molecule has 45 heavy (non-hydrogen) atoms. The van der Waals surface area contributed by atoms with Crippen molar-refractivity contribution in [3.63, 3.8) is 0 Å². The van der Waals surface area contributed by atoms with Gasteiger partial charge in [0.05, 0.1) is 12.5 Å². The quantitative estimate of drug-likeness (QED) is 0.167. The fraction of sp³-hybridized carbons (Fsp3) is 0.419. The van der Waals surface area contributed by atoms with Crippen molar-refractivity contribution < 1.29 is 39.4 Å². The zero-order valence-electron chi connectivity index (χ0n) is 26.0. The number of nitrogens with two attached hydrogens (primary N) is 1. The van der Waals surface area contributed by atoms with Gasteiger partial charge >= 0.3 is 5.97 Å². The van der Waals surface area contributed by atoms with E-state index in [1.54, 1.807) is 32.9 Å². The first-order valence-corrected chi connectivity index (χ1v) is 17.9. The van der Waals surface area contributed by atoms with E-state index in [1.165, 1.54) is 18.2 Å². The second-order valence-corrected chi connectivity index (χ2v) is 14.6. The lowest BCUT2D eigenvalue weighted by atomic mass is 10.0. The maximum absolute atomic E-state index is 13.2. The number of hydrogen-bond acceptors (Lipinski definition) is 11. The maximum atomic E-state index is 13.2. The summed E-state index contributed by atoms with van der Waals surface area (Å²) in [7, 11) is -8.83. The van der Waals surface area contributed by atoms with E-state index in [4.69, 9.17) is 18.8 Å². The Morgan fingerprint density at radius 2 is 1.38 bits per heavy atom. The van der Waals surface area contributed by atoms with Crippen LogP contribution in [0.3, 0.4) is 0 Å². The van der Waals surface area contributed by atoms with Crippen molar-refractivity contribution in [3.05, 3.63) is 88.2 Å². The average molecular weight is 666 g/mol. The third kappa shape index (κ3) is 9.15. The lowest BCUT2D eigenvalue weighted by Crippen LogP contribution is -2.59. The van der Waals surface area contributed by atoms with Gasteiger partial charge in [0.1, 0.15) is 11.6 Å². The lowest BCUT2D eigenvalue weighted by molar-refractivity contribution is -0.299. The van der Waals surface area contributed by atoms with Gasteiger partial charge in [0.2, 0.25) is 0 Å². The molecule has 0 amide bonds. The number of anilines is 2. The monoisotopic (exact) mass is 665 g/mol. The van der Waals surface area contributed by atoms with Gasteiger partial charge in [-0.05, 0) is 85.3 Å². The van der Waals surface area contributed by atoms with Gasteiger partial charge < -0.3 is 20.5 Å². The maximum Gasteiger partial charge on any atom is 0.384 e. The highest BCUT2D eigenvalue weighted by Gasteiger charge is 2.51. The Labute approximate surface area is 264 Å². The van der Waals surface area contributed by atoms with Crippen molar-refractivity contribution >= 4 is 31.6 Å². The predicted molar refractivity (Wildman–Crippen MR) is 171 cm³/mol. The molecule has 14 heteroatoms. The minimum atomic E-state index is -4.41. The zero-order chi connectivity index (χ0) is 33.2. The van der Waals surface area contributed by atoms with Crippen LogP contribution < -0.4 is 15.4 Å². The Morgan fingerprint density at radius 1 is 0.867 bits per heavy atom. The number of aryl methyl sites for hydroxylation is 1. The third-order valence-electron chi connectivity index (χ3n) is 7.73. The molecule has 1 heterocycles. The smallest absolute Gasteiger partial charge is 0.384 e. The highest BCUT2D eigenvalue weighted by atomic mass is 32.2. The SMILES string of the molecule is Cc1cc(OC(OS(C)(=O)=O)(OS(C)(=O)=O)[C@@H](O)CN2CCN(c3ccc(Cc4ccc(F)cc4)cc3)CC2)c(C)c(C)c1N. The molecule has 1 aliphatic heterocycles. The van der Waals surface area contributed by atoms with Gasteiger partial charge in [-0.3, -0.25) is 4.90 Å². The highest BCUT2D eigenvalue weighted by Crippen LogP contribution is 2.35. The molecule has 0 aromatic heterocycles. The molecule has 0 spiro atoms. The Balaban J connectivity index is 1.50. The number of aliphatic hydroxyl groups excluding tert-OH is 1. The molecule has 0 unspecified atom stereocenters. The van der Waals surface area contributed by atoms with Crippen LogP contribution in [-0.4, -0.2) is 84.2 Å². The molecule has 0 radical (unpaired) electrons. The molecule has 0 bridgehead atoms. The first-order chi connectivity index (χ1) is 20.9. The highest BCUT2D eigenvalue weighted by molar-refractivity contribution is 7.86. The summed E-state index contributed by atoms with van der Waals surface area (Å²) in [5.41, 5.74) is 11.4. The standard InChI is InChI=1S/C31H40FN3O8S2/c1-21-18-28(22(2)23(3)30(21)33)41-31(42-44(4,37)38,43-45(5,39)40)29(36)20-34-14-16-35(17-15-34)27-12-8-25(9-13-27)19-24-6-10-26(32)11-7-24/h6-13,18,29,36H,14-17,19-20,33H2,1-5H3/t29-/m0/s1. The molecule has 3 aromatic rings. The lowest BCUT2D eigenvalue weighted by Gasteiger charge is -2.40. The topological polar surface area (TPSA) is 149 Å². The fourth-order valence-electron chi connectivity index (χ4n) is 5.18. The van der Waals surface area contributed by atoms with E-state index in [-0.39, 0.29) is 18.1 Å². The van der Waals surface area contributed by atoms with Gasteiger partial charge in [0.25, 0.3) is 20.2 Å². The number of ether oxygens (including phenoxy) is 1. The molecule has 0 saturated carbocycles. The second-order valence-electron chi connectivity index (χ2n) is 11.4. The van der Waals surface area contributed by atoms with Crippen LogP contribution in [0.5, 0.6) is 5.75 Å². The predicted octanol–water partition coefficient (Wildman–Crippen LogP) is 3.09. The molecular formula is C31H40FN3O8S2. The summed E-state index contributed by atoms with van der Waals surface area (Å²) in [6.07, 6.45) is 0.215. The molecule has 4 rings (SSSR count). The van der Waals surface area contributed by atoms with Crippen LogP contribution in [-0.2, 0) is 35.0 Å². The number of β-amino-alcohol motifs (C(OH)–C–C–N with tert-alkyl or cyclic N) is 1. The minimum Gasteiger partial charge on any atom is -0.435 e. The van der Waals surface area contributed by atoms with E-state index in [1.807, 2.05) is 29.2 Å². The number of benzene rings is 3. The summed E-state index contributed by atoms with van der Waals surface area (Å²) in [4.78, 5) is 4.00. The van der Waals surface area contributed by atoms with E-state index in [9.17, 15) is 26.3 Å². The van der Waals surface area contributed by atoms with Crippen LogP contribution in [0.25, 0.3) is 0 Å². The van der Waals surface area contributed by atoms with E-state index < -0.39 is 32.3 Å². The zero-order valence-corrected chi connectivity index (χ0v) is 27.6. The molecule has 1 aliphatic rings. The van der Waals surface area contributed by atoms with Crippen LogP contribution in [0.4, 0.5) is 15.8 Å². The molecule has 3 aromatic carbocycles. The van der Waals surface area contributed by atoms with Crippen LogP contribution in [0.15, 0.2) is 54.6 Å². The largest absolute Gasteiger partial charge is 0.435 e. The van der Waals surface area contributed by atoms with Gasteiger partial charge in [-0.25, -0.2) is 4.39 Å². The third-order valence-corrected chi connectivity index (χ3v) is 8.80. The number of nitrogens with zero attached hydrogens (tertiary/aromatic N) is 2. The van der Waals surface area contributed by atoms with Crippen molar-refractivity contribution in [1.29, 1.82) is 0 Å². The van der Waals surface area contributed by atoms with Gasteiger partial charge in [-0.1, -0.05) is 24.3 Å². The number of piperazine rings is 1. The fourth-order valence-corrected chi connectivity index (χ4v) is 6.43. The Kier molecular flexibility index (Phi) is 10.5. The summed E-state index contributed by atoms with van der Waals surface area (Å²) in [6, 6.07) is 16.0. The van der Waals surface area contributed by atoms with Gasteiger partial charge in [-0.2, -0.15) is 25.2 Å². The molecule has 246 valence electrons. The second kappa shape index (κ2) is 13.6. The Hall–Kier alpha value is -3.27. The minimum absolute atomic E-state index is 0.0400. The van der Waals surface area contributed by atoms with Crippen molar-refractivity contribution in [1.82, 2.24) is 4.90 Å². The summed E-state index contributed by atoms with van der Waals surface area (Å²) in [5.74, 6) is -3.18. The van der Waals surface area contributed by atoms with Gasteiger partial charge in [0, 0.05) is 44.1 Å². The summed E-state index contributed by atoms with van der Waals surface area (Å²) in [6.45, 7) is 6.95. The number of nitrogen functional groups attached to an aromatic ring is 1. The Bertz CT molecular complexity index is 1670. The van der Waals surface area contributed by atoms with Crippen LogP contribution >= 0.6 is 0 Å². The van der Waals surface area contributed by atoms with Gasteiger partial charge in [0.15, 0.2) is 6.10 Å². The van der Waals surface area contributed by atoms with E-state index >= 15 is 0 Å². The van der Waals surface area contributed by atoms with Gasteiger partial charge in [-0.15, -0.1) is 0 Å². The van der Waals surface area contributed by atoms with Crippen molar-refractivity contribution in [2.45, 2.75) is 39.3 Å². The molecule has 11 nitrogen and oxygen atoms in total. The molecule has 3 N–H and O–H groups in total. The molecule has 1 saturated heterocycles. The average Bonchev–Trinajstić information content (AvgIpc) is 2.95. The molecule has 1 atom stereocenters. The molecule has 0 aliphatic carbocycles. The Morgan fingerprint density at radius 3 is 1.89 bits per heavy atom. The first-order valence-electron chi connectivity index (χ1n) is 14.3. The summed E-state index contributed by atoms with van der Waals surface area (Å²) >= 11 is 0. The summed E-state index contributed by atoms with van der Waals surface area (Å²) in [5, 5.41) is 11.4. The van der Waals surface area contributed by atoms with Crippen LogP contribution in [0.2, 0.25) is 0 Å². The van der Waals surface area contributed by atoms with E-state index in [0.29, 0.717) is 67.5 Å². The number of rotatable bonds is 12. The summed E-state index contributed by atoms with van der Waals surface area (Å²) < 4.78 is 78.9. The van der Waals surface area contributed by atoms with Crippen molar-refractivity contribution in [2.75, 3.05) is 55.9 Å². The van der Waals surface area contributed by atoms with E-state index in [2.05, 4.69) is 4.90 Å². The number of hydrogen-bond donors (Lipinski definition) is 2.